The van der Waals surface area contributed by atoms with Crippen molar-refractivity contribution >= 4 is 5.91 Å². The maximum Gasteiger partial charge on any atom is 0.234 e. The molecule has 92 valence electrons. The van der Waals surface area contributed by atoms with Crippen LogP contribution in [0.25, 0.3) is 0 Å². The number of amides is 1. The van der Waals surface area contributed by atoms with E-state index in [4.69, 9.17) is 0 Å². The van der Waals surface area contributed by atoms with E-state index in [-0.39, 0.29) is 5.91 Å². The second-order valence-electron chi connectivity index (χ2n) is 4.44. The van der Waals surface area contributed by atoms with Crippen LogP contribution in [-0.4, -0.2) is 24.5 Å². The molecular formula is C13H24N2O. The zero-order chi connectivity index (χ0) is 11.8. The van der Waals surface area contributed by atoms with Gasteiger partial charge in [-0.15, -0.1) is 0 Å². The average molecular weight is 224 g/mol. The second kappa shape index (κ2) is 7.44. The molecule has 16 heavy (non-hydrogen) atoms. The predicted molar refractivity (Wildman–Crippen MR) is 67.3 cm³/mol. The average Bonchev–Trinajstić information content (AvgIpc) is 2.34. The van der Waals surface area contributed by atoms with Crippen LogP contribution >= 0.6 is 0 Å². The standard InChI is InChI=1S/C13H24N2O/c1-3-11(4-2)15-13(16)10-14-12-8-6-5-7-9-12/h5-6,11-12,14H,3-4,7-10H2,1-2H3,(H,15,16). The lowest BCUT2D eigenvalue weighted by molar-refractivity contribution is -0.121. The fourth-order valence-electron chi connectivity index (χ4n) is 1.99. The summed E-state index contributed by atoms with van der Waals surface area (Å²) in [6.07, 6.45) is 9.75. The Bertz CT molecular complexity index is 234. The number of hydrogen-bond donors (Lipinski definition) is 2. The van der Waals surface area contributed by atoms with Gasteiger partial charge in [0, 0.05) is 12.1 Å². The molecule has 0 saturated heterocycles. The largest absolute Gasteiger partial charge is 0.352 e. The van der Waals surface area contributed by atoms with E-state index >= 15 is 0 Å². The van der Waals surface area contributed by atoms with Gasteiger partial charge in [0.2, 0.25) is 5.91 Å². The molecule has 0 aromatic rings. The zero-order valence-electron chi connectivity index (χ0n) is 10.5. The third-order valence-electron chi connectivity index (χ3n) is 3.17. The lowest BCUT2D eigenvalue weighted by Gasteiger charge is -2.20. The van der Waals surface area contributed by atoms with Gasteiger partial charge in [0.1, 0.15) is 0 Å². The highest BCUT2D eigenvalue weighted by Crippen LogP contribution is 2.09. The molecule has 1 rings (SSSR count). The minimum atomic E-state index is 0.128. The Kier molecular flexibility index (Phi) is 6.16. The highest BCUT2D eigenvalue weighted by molar-refractivity contribution is 5.78. The predicted octanol–water partition coefficient (Wildman–Crippen LogP) is 1.99. The molecule has 0 aliphatic heterocycles. The van der Waals surface area contributed by atoms with Crippen molar-refractivity contribution in [1.29, 1.82) is 0 Å². The first-order chi connectivity index (χ1) is 7.76. The van der Waals surface area contributed by atoms with E-state index < -0.39 is 0 Å². The molecule has 1 amide bonds. The molecule has 3 nitrogen and oxygen atoms in total. The highest BCUT2D eigenvalue weighted by atomic mass is 16.1. The summed E-state index contributed by atoms with van der Waals surface area (Å²) in [5.41, 5.74) is 0. The van der Waals surface area contributed by atoms with Gasteiger partial charge in [0.05, 0.1) is 6.54 Å². The van der Waals surface area contributed by atoms with Gasteiger partial charge in [-0.05, 0) is 32.1 Å². The summed E-state index contributed by atoms with van der Waals surface area (Å²) in [6.45, 7) is 4.66. The van der Waals surface area contributed by atoms with Crippen LogP contribution < -0.4 is 10.6 Å². The second-order valence-corrected chi connectivity index (χ2v) is 4.44. The maximum absolute atomic E-state index is 11.6. The molecule has 0 fully saturated rings. The number of rotatable bonds is 6. The Morgan fingerprint density at radius 2 is 2.12 bits per heavy atom. The molecule has 0 aromatic carbocycles. The van der Waals surface area contributed by atoms with Gasteiger partial charge < -0.3 is 10.6 Å². The van der Waals surface area contributed by atoms with Crippen molar-refractivity contribution in [3.8, 4) is 0 Å². The number of hydrogen-bond acceptors (Lipinski definition) is 2. The topological polar surface area (TPSA) is 41.1 Å². The van der Waals surface area contributed by atoms with Gasteiger partial charge in [-0.3, -0.25) is 4.79 Å². The molecule has 0 aromatic heterocycles. The molecule has 0 radical (unpaired) electrons. The third-order valence-corrected chi connectivity index (χ3v) is 3.17. The van der Waals surface area contributed by atoms with Gasteiger partial charge in [0.15, 0.2) is 0 Å². The van der Waals surface area contributed by atoms with Gasteiger partial charge >= 0.3 is 0 Å². The van der Waals surface area contributed by atoms with Crippen molar-refractivity contribution in [3.05, 3.63) is 12.2 Å². The van der Waals surface area contributed by atoms with Crippen LogP contribution in [0.4, 0.5) is 0 Å². The number of carbonyl (C=O) groups is 1. The summed E-state index contributed by atoms with van der Waals surface area (Å²) in [5.74, 6) is 0.128. The smallest absolute Gasteiger partial charge is 0.234 e. The highest BCUT2D eigenvalue weighted by Gasteiger charge is 2.12. The quantitative estimate of drug-likeness (QED) is 0.677. The molecule has 0 saturated carbocycles. The molecule has 0 heterocycles. The van der Waals surface area contributed by atoms with Gasteiger partial charge in [-0.1, -0.05) is 26.0 Å². The van der Waals surface area contributed by atoms with Crippen molar-refractivity contribution in [3.63, 3.8) is 0 Å². The molecule has 1 aliphatic rings. The van der Waals surface area contributed by atoms with Crippen molar-refractivity contribution in [1.82, 2.24) is 10.6 Å². The van der Waals surface area contributed by atoms with Crippen LogP contribution in [0.2, 0.25) is 0 Å². The van der Waals surface area contributed by atoms with E-state index in [1.807, 2.05) is 0 Å². The first-order valence-electron chi connectivity index (χ1n) is 6.44. The van der Waals surface area contributed by atoms with E-state index in [1.165, 1.54) is 0 Å². The minimum Gasteiger partial charge on any atom is -0.352 e. The third kappa shape index (κ3) is 4.79. The molecular weight excluding hydrogens is 200 g/mol. The van der Waals surface area contributed by atoms with Crippen LogP contribution in [0, 0.1) is 0 Å². The Morgan fingerprint density at radius 3 is 2.69 bits per heavy atom. The number of carbonyl (C=O) groups excluding carboxylic acids is 1. The van der Waals surface area contributed by atoms with Gasteiger partial charge in [-0.2, -0.15) is 0 Å². The maximum atomic E-state index is 11.6. The summed E-state index contributed by atoms with van der Waals surface area (Å²) >= 11 is 0. The summed E-state index contributed by atoms with van der Waals surface area (Å²) in [7, 11) is 0. The van der Waals surface area contributed by atoms with Crippen molar-refractivity contribution < 1.29 is 4.79 Å². The van der Waals surface area contributed by atoms with Gasteiger partial charge in [0.25, 0.3) is 0 Å². The fraction of sp³-hybridized carbons (Fsp3) is 0.769. The minimum absolute atomic E-state index is 0.128. The Labute approximate surface area is 98.7 Å². The van der Waals surface area contributed by atoms with E-state index in [9.17, 15) is 4.79 Å². The first kappa shape index (κ1) is 13.2. The monoisotopic (exact) mass is 224 g/mol. The molecule has 1 atom stereocenters. The molecule has 2 N–H and O–H groups in total. The normalized spacial score (nSPS) is 20.1. The summed E-state index contributed by atoms with van der Waals surface area (Å²) in [4.78, 5) is 11.6. The van der Waals surface area contributed by atoms with E-state index in [1.54, 1.807) is 0 Å². The summed E-state index contributed by atoms with van der Waals surface area (Å²) in [5, 5.41) is 6.35. The van der Waals surface area contributed by atoms with E-state index in [0.717, 1.165) is 32.1 Å². The number of allylic oxidation sites excluding steroid dienone is 1. The summed E-state index contributed by atoms with van der Waals surface area (Å²) in [6, 6.07) is 0.818. The van der Waals surface area contributed by atoms with Crippen molar-refractivity contribution in [2.75, 3.05) is 6.54 Å². The first-order valence-corrected chi connectivity index (χ1v) is 6.44. The Hall–Kier alpha value is -0.830. The van der Waals surface area contributed by atoms with E-state index in [2.05, 4.69) is 36.6 Å². The Morgan fingerprint density at radius 1 is 1.38 bits per heavy atom. The molecule has 0 bridgehead atoms. The molecule has 1 aliphatic carbocycles. The van der Waals surface area contributed by atoms with E-state index in [0.29, 0.717) is 18.6 Å². The molecule has 1 unspecified atom stereocenters. The fourth-order valence-corrected chi connectivity index (χ4v) is 1.99. The van der Waals surface area contributed by atoms with Crippen LogP contribution in [0.1, 0.15) is 46.0 Å². The lowest BCUT2D eigenvalue weighted by Crippen LogP contribution is -2.43. The van der Waals surface area contributed by atoms with Crippen molar-refractivity contribution in [2.45, 2.75) is 58.0 Å². The van der Waals surface area contributed by atoms with Crippen molar-refractivity contribution in [2.24, 2.45) is 0 Å². The van der Waals surface area contributed by atoms with Crippen LogP contribution in [0.3, 0.4) is 0 Å². The Balaban J connectivity index is 2.16. The lowest BCUT2D eigenvalue weighted by atomic mass is 10.0. The van der Waals surface area contributed by atoms with Crippen LogP contribution in [-0.2, 0) is 4.79 Å². The van der Waals surface area contributed by atoms with Gasteiger partial charge in [-0.25, -0.2) is 0 Å². The van der Waals surface area contributed by atoms with Crippen LogP contribution in [0.15, 0.2) is 12.2 Å². The zero-order valence-corrected chi connectivity index (χ0v) is 10.5. The summed E-state index contributed by atoms with van der Waals surface area (Å²) < 4.78 is 0. The van der Waals surface area contributed by atoms with Crippen LogP contribution in [0.5, 0.6) is 0 Å². The number of nitrogens with one attached hydrogen (secondary N) is 2. The molecule has 3 heteroatoms. The SMILES string of the molecule is CCC(CC)NC(=O)CNC1CC=CCC1. The molecule has 0 spiro atoms.